The third-order valence-electron chi connectivity index (χ3n) is 1.10. The van der Waals surface area contributed by atoms with Gasteiger partial charge >= 0.3 is 5.97 Å². The molecule has 0 N–H and O–H groups in total. The normalized spacial score (nSPS) is 11.4. The van der Waals surface area contributed by atoms with E-state index in [-0.39, 0.29) is 12.1 Å². The fourth-order valence-electron chi connectivity index (χ4n) is 0.478. The lowest BCUT2D eigenvalue weighted by Crippen LogP contribution is -2.25. The van der Waals surface area contributed by atoms with Crippen LogP contribution >= 0.6 is 0 Å². The van der Waals surface area contributed by atoms with E-state index >= 15 is 0 Å². The molecule has 0 aromatic carbocycles. The Kier molecular flexibility index (Phi) is 4.76. The Balaban J connectivity index is 4.23. The van der Waals surface area contributed by atoms with Crippen molar-refractivity contribution in [1.82, 2.24) is 5.01 Å². The van der Waals surface area contributed by atoms with Gasteiger partial charge in [0.15, 0.2) is 0 Å². The summed E-state index contributed by atoms with van der Waals surface area (Å²) >= 11 is 0. The SMILES string of the molecule is COC(=O)CN(C=O)N=NC(C)(C)C. The van der Waals surface area contributed by atoms with Crippen molar-refractivity contribution in [2.24, 2.45) is 10.3 Å². The highest BCUT2D eigenvalue weighted by atomic mass is 16.5. The minimum atomic E-state index is -0.537. The van der Waals surface area contributed by atoms with Gasteiger partial charge in [0.05, 0.1) is 12.6 Å². The van der Waals surface area contributed by atoms with Crippen molar-refractivity contribution >= 4 is 12.4 Å². The van der Waals surface area contributed by atoms with Crippen molar-refractivity contribution in [2.45, 2.75) is 26.3 Å². The molecule has 0 rings (SSSR count). The molecule has 0 fully saturated rings. The second kappa shape index (κ2) is 5.31. The topological polar surface area (TPSA) is 71.3 Å². The van der Waals surface area contributed by atoms with E-state index in [2.05, 4.69) is 15.1 Å². The molecule has 6 heteroatoms. The van der Waals surface area contributed by atoms with Gasteiger partial charge in [-0.25, -0.2) is 5.01 Å². The molecule has 0 bridgehead atoms. The molecule has 0 aliphatic rings. The van der Waals surface area contributed by atoms with Gasteiger partial charge in [0.2, 0.25) is 6.41 Å². The van der Waals surface area contributed by atoms with Gasteiger partial charge in [-0.15, -0.1) is 0 Å². The summed E-state index contributed by atoms with van der Waals surface area (Å²) < 4.78 is 4.37. The smallest absolute Gasteiger partial charge is 0.327 e. The van der Waals surface area contributed by atoms with Gasteiger partial charge in [0.1, 0.15) is 6.54 Å². The Morgan fingerprint density at radius 3 is 2.43 bits per heavy atom. The molecule has 6 nitrogen and oxygen atoms in total. The van der Waals surface area contributed by atoms with Crippen molar-refractivity contribution < 1.29 is 14.3 Å². The van der Waals surface area contributed by atoms with E-state index < -0.39 is 5.97 Å². The Hall–Kier alpha value is -1.46. The van der Waals surface area contributed by atoms with Crippen molar-refractivity contribution in [3.8, 4) is 0 Å². The van der Waals surface area contributed by atoms with Gasteiger partial charge < -0.3 is 4.74 Å². The van der Waals surface area contributed by atoms with Crippen LogP contribution < -0.4 is 0 Å². The number of esters is 1. The van der Waals surface area contributed by atoms with Gasteiger partial charge in [-0.2, -0.15) is 5.11 Å². The Bertz CT molecular complexity index is 232. The first-order chi connectivity index (χ1) is 6.39. The van der Waals surface area contributed by atoms with Crippen molar-refractivity contribution in [3.63, 3.8) is 0 Å². The molecule has 0 saturated heterocycles. The summed E-state index contributed by atoms with van der Waals surface area (Å²) in [7, 11) is 1.24. The molecule has 0 aromatic rings. The number of hydrogen-bond donors (Lipinski definition) is 0. The fourth-order valence-corrected chi connectivity index (χ4v) is 0.478. The van der Waals surface area contributed by atoms with Crippen molar-refractivity contribution in [2.75, 3.05) is 13.7 Å². The van der Waals surface area contributed by atoms with Crippen LogP contribution in [0.3, 0.4) is 0 Å². The van der Waals surface area contributed by atoms with Crippen molar-refractivity contribution in [3.05, 3.63) is 0 Å². The van der Waals surface area contributed by atoms with Crippen LogP contribution in [0.2, 0.25) is 0 Å². The van der Waals surface area contributed by atoms with Crippen molar-refractivity contribution in [1.29, 1.82) is 0 Å². The van der Waals surface area contributed by atoms with Gasteiger partial charge in [-0.1, -0.05) is 5.22 Å². The highest BCUT2D eigenvalue weighted by Crippen LogP contribution is 2.07. The average molecular weight is 201 g/mol. The molecule has 80 valence electrons. The number of amides is 1. The predicted molar refractivity (Wildman–Crippen MR) is 49.4 cm³/mol. The third kappa shape index (κ3) is 6.10. The number of carbonyl (C=O) groups is 2. The first kappa shape index (κ1) is 12.5. The number of hydrogen-bond acceptors (Lipinski definition) is 5. The van der Waals surface area contributed by atoms with Crippen LogP contribution in [0.5, 0.6) is 0 Å². The highest BCUT2D eigenvalue weighted by molar-refractivity contribution is 5.73. The predicted octanol–water partition coefficient (Wildman–Crippen LogP) is 0.783. The van der Waals surface area contributed by atoms with E-state index in [0.717, 1.165) is 5.01 Å². The largest absolute Gasteiger partial charge is 0.468 e. The molecular formula is C8H15N3O3. The maximum absolute atomic E-state index is 10.8. The van der Waals surface area contributed by atoms with Crippen LogP contribution in [0, 0.1) is 0 Å². The second-order valence-corrected chi connectivity index (χ2v) is 3.64. The molecule has 0 atom stereocenters. The molecule has 0 unspecified atom stereocenters. The fraction of sp³-hybridized carbons (Fsp3) is 0.750. The zero-order valence-corrected chi connectivity index (χ0v) is 8.85. The van der Waals surface area contributed by atoms with E-state index in [1.807, 2.05) is 20.8 Å². The maximum Gasteiger partial charge on any atom is 0.327 e. The monoisotopic (exact) mass is 201 g/mol. The number of methoxy groups -OCH3 is 1. The second-order valence-electron chi connectivity index (χ2n) is 3.64. The van der Waals surface area contributed by atoms with Gasteiger partial charge in [0, 0.05) is 0 Å². The Morgan fingerprint density at radius 2 is 2.07 bits per heavy atom. The molecule has 0 aromatic heterocycles. The standard InChI is InChI=1S/C8H15N3O3/c1-8(2,3)9-10-11(6-12)5-7(13)14-4/h6H,5H2,1-4H3. The third-order valence-corrected chi connectivity index (χ3v) is 1.10. The lowest BCUT2D eigenvalue weighted by atomic mass is 10.1. The summed E-state index contributed by atoms with van der Waals surface area (Å²) in [5, 5.41) is 8.30. The van der Waals surface area contributed by atoms with E-state index in [1.165, 1.54) is 7.11 Å². The number of carbonyl (C=O) groups excluding carboxylic acids is 2. The molecule has 0 heterocycles. The summed E-state index contributed by atoms with van der Waals surface area (Å²) in [6.07, 6.45) is 0.423. The average Bonchev–Trinajstić information content (AvgIpc) is 2.10. The first-order valence-electron chi connectivity index (χ1n) is 4.10. The van der Waals surface area contributed by atoms with Crippen LogP contribution in [0.15, 0.2) is 10.3 Å². The lowest BCUT2D eigenvalue weighted by molar-refractivity contribution is -0.144. The minimum Gasteiger partial charge on any atom is -0.468 e. The number of nitrogens with zero attached hydrogens (tertiary/aromatic N) is 3. The summed E-state index contributed by atoms with van der Waals surface area (Å²) in [4.78, 5) is 21.2. The zero-order valence-electron chi connectivity index (χ0n) is 8.85. The van der Waals surface area contributed by atoms with Gasteiger partial charge in [-0.05, 0) is 20.8 Å². The van der Waals surface area contributed by atoms with Gasteiger partial charge in [0.25, 0.3) is 0 Å². The van der Waals surface area contributed by atoms with Gasteiger partial charge in [-0.3, -0.25) is 9.59 Å². The zero-order chi connectivity index (χ0) is 11.2. The quantitative estimate of drug-likeness (QED) is 0.292. The van der Waals surface area contributed by atoms with Crippen LogP contribution in [0.1, 0.15) is 20.8 Å². The summed E-state index contributed by atoms with van der Waals surface area (Å²) in [6, 6.07) is 0. The summed E-state index contributed by atoms with van der Waals surface area (Å²) in [5.41, 5.74) is -0.378. The molecule has 14 heavy (non-hydrogen) atoms. The first-order valence-corrected chi connectivity index (χ1v) is 4.10. The van der Waals surface area contributed by atoms with Crippen LogP contribution in [-0.2, 0) is 14.3 Å². The molecule has 1 amide bonds. The minimum absolute atomic E-state index is 0.223. The molecule has 0 radical (unpaired) electrons. The maximum atomic E-state index is 10.8. The van der Waals surface area contributed by atoms with E-state index in [1.54, 1.807) is 0 Å². The highest BCUT2D eigenvalue weighted by Gasteiger charge is 2.11. The molecular weight excluding hydrogens is 186 g/mol. The molecule has 0 aliphatic carbocycles. The molecule has 0 spiro atoms. The Morgan fingerprint density at radius 1 is 1.50 bits per heavy atom. The summed E-state index contributed by atoms with van der Waals surface area (Å²) in [5.74, 6) is -0.537. The van der Waals surface area contributed by atoms with Crippen LogP contribution in [0.4, 0.5) is 0 Å². The molecule has 0 aliphatic heterocycles. The van der Waals surface area contributed by atoms with Crippen LogP contribution in [-0.4, -0.2) is 36.6 Å². The van der Waals surface area contributed by atoms with E-state index in [4.69, 9.17) is 0 Å². The van der Waals surface area contributed by atoms with Crippen LogP contribution in [0.25, 0.3) is 0 Å². The van der Waals surface area contributed by atoms with E-state index in [0.29, 0.717) is 6.41 Å². The summed E-state index contributed by atoms with van der Waals surface area (Å²) in [6.45, 7) is 5.27. The Labute approximate surface area is 82.9 Å². The molecule has 0 saturated carbocycles. The van der Waals surface area contributed by atoms with E-state index in [9.17, 15) is 9.59 Å². The number of rotatable bonds is 4. The lowest BCUT2D eigenvalue weighted by Gasteiger charge is -2.12. The number of ether oxygens (including phenoxy) is 1.